The Kier molecular flexibility index (Phi) is 4.80. The topological polar surface area (TPSA) is 60.0 Å². The van der Waals surface area contributed by atoms with Gasteiger partial charge in [0.2, 0.25) is 5.91 Å². The van der Waals surface area contributed by atoms with Crippen LogP contribution in [0.2, 0.25) is 0 Å². The standard InChI is InChI=1S/C17H31N5O/c1-13(21(3)14-5-6-14)10-19-16(18-2)22-8-4-7-17(12-22)9-15(23)20-11-17/h13-14H,4-12H2,1-3H3,(H,18,19)(H,20,23). The molecule has 23 heavy (non-hydrogen) atoms. The molecule has 6 heteroatoms. The van der Waals surface area contributed by atoms with Crippen LogP contribution < -0.4 is 10.6 Å². The van der Waals surface area contributed by atoms with E-state index >= 15 is 0 Å². The maximum Gasteiger partial charge on any atom is 0.220 e. The Morgan fingerprint density at radius 1 is 1.57 bits per heavy atom. The summed E-state index contributed by atoms with van der Waals surface area (Å²) in [5.74, 6) is 1.19. The van der Waals surface area contributed by atoms with Gasteiger partial charge >= 0.3 is 0 Å². The van der Waals surface area contributed by atoms with Crippen molar-refractivity contribution in [1.29, 1.82) is 0 Å². The van der Waals surface area contributed by atoms with E-state index in [9.17, 15) is 4.79 Å². The van der Waals surface area contributed by atoms with Gasteiger partial charge in [0, 0.05) is 57.1 Å². The molecular weight excluding hydrogens is 290 g/mol. The van der Waals surface area contributed by atoms with Gasteiger partial charge in [-0.1, -0.05) is 0 Å². The van der Waals surface area contributed by atoms with Crippen LogP contribution in [0.4, 0.5) is 0 Å². The van der Waals surface area contributed by atoms with Crippen LogP contribution in [0.15, 0.2) is 4.99 Å². The largest absolute Gasteiger partial charge is 0.355 e. The number of carbonyl (C=O) groups is 1. The monoisotopic (exact) mass is 321 g/mol. The summed E-state index contributed by atoms with van der Waals surface area (Å²) in [7, 11) is 4.08. The summed E-state index contributed by atoms with van der Waals surface area (Å²) in [4.78, 5) is 20.9. The van der Waals surface area contributed by atoms with E-state index in [1.807, 2.05) is 7.05 Å². The molecule has 0 aromatic carbocycles. The number of nitrogens with zero attached hydrogens (tertiary/aromatic N) is 3. The normalized spacial score (nSPS) is 30.0. The lowest BCUT2D eigenvalue weighted by atomic mass is 9.79. The lowest BCUT2D eigenvalue weighted by Gasteiger charge is -2.41. The zero-order valence-corrected chi connectivity index (χ0v) is 14.8. The van der Waals surface area contributed by atoms with Gasteiger partial charge in [-0.05, 0) is 39.7 Å². The smallest absolute Gasteiger partial charge is 0.220 e. The van der Waals surface area contributed by atoms with Crippen LogP contribution in [-0.2, 0) is 4.79 Å². The summed E-state index contributed by atoms with van der Waals surface area (Å²) in [5, 5.41) is 6.56. The number of hydrogen-bond acceptors (Lipinski definition) is 3. The molecule has 3 rings (SSSR count). The van der Waals surface area contributed by atoms with Crippen molar-refractivity contribution in [3.8, 4) is 0 Å². The van der Waals surface area contributed by atoms with Crippen LogP contribution in [0, 0.1) is 5.41 Å². The second kappa shape index (κ2) is 6.67. The molecule has 1 amide bonds. The van der Waals surface area contributed by atoms with Gasteiger partial charge < -0.3 is 15.5 Å². The molecule has 6 nitrogen and oxygen atoms in total. The van der Waals surface area contributed by atoms with E-state index in [-0.39, 0.29) is 11.3 Å². The Balaban J connectivity index is 1.54. The van der Waals surface area contributed by atoms with Gasteiger partial charge in [0.1, 0.15) is 0 Å². The van der Waals surface area contributed by atoms with E-state index in [4.69, 9.17) is 0 Å². The summed E-state index contributed by atoms with van der Waals surface area (Å²) in [6.45, 7) is 5.97. The molecule has 0 bridgehead atoms. The summed E-state index contributed by atoms with van der Waals surface area (Å²) in [5.41, 5.74) is 0.114. The molecule has 0 aromatic heterocycles. The highest BCUT2D eigenvalue weighted by atomic mass is 16.1. The average Bonchev–Trinajstić information content (AvgIpc) is 3.33. The Labute approximate surface area is 139 Å². The predicted octanol–water partition coefficient (Wildman–Crippen LogP) is 0.647. The summed E-state index contributed by atoms with van der Waals surface area (Å²) in [6.07, 6.45) is 5.62. The highest BCUT2D eigenvalue weighted by molar-refractivity contribution is 5.81. The van der Waals surface area contributed by atoms with Crippen molar-refractivity contribution in [3.63, 3.8) is 0 Å². The molecule has 2 aliphatic heterocycles. The van der Waals surface area contributed by atoms with Gasteiger partial charge in [0.15, 0.2) is 5.96 Å². The third-order valence-electron chi connectivity index (χ3n) is 5.74. The average molecular weight is 321 g/mol. The van der Waals surface area contributed by atoms with E-state index in [1.54, 1.807) is 0 Å². The molecule has 0 aromatic rings. The summed E-state index contributed by atoms with van der Waals surface area (Å²) < 4.78 is 0. The number of aliphatic imine (C=N–C) groups is 1. The first kappa shape index (κ1) is 16.6. The number of guanidine groups is 1. The fourth-order valence-corrected chi connectivity index (χ4v) is 3.99. The molecule has 2 N–H and O–H groups in total. The first-order valence-electron chi connectivity index (χ1n) is 8.97. The minimum atomic E-state index is 0.114. The second-order valence-electron chi connectivity index (χ2n) is 7.65. The van der Waals surface area contributed by atoms with Crippen molar-refractivity contribution in [2.45, 2.75) is 51.1 Å². The number of rotatable bonds is 4. The van der Waals surface area contributed by atoms with E-state index in [2.05, 4.69) is 39.4 Å². The highest BCUT2D eigenvalue weighted by Crippen LogP contribution is 2.36. The first-order chi connectivity index (χ1) is 11.0. The quantitative estimate of drug-likeness (QED) is 0.589. The highest BCUT2D eigenvalue weighted by Gasteiger charge is 2.42. The summed E-state index contributed by atoms with van der Waals surface area (Å²) >= 11 is 0. The maximum absolute atomic E-state index is 11.6. The minimum Gasteiger partial charge on any atom is -0.355 e. The molecule has 2 atom stereocenters. The van der Waals surface area contributed by atoms with E-state index < -0.39 is 0 Å². The van der Waals surface area contributed by atoms with Gasteiger partial charge in [-0.3, -0.25) is 14.7 Å². The molecule has 1 spiro atoms. The number of piperidine rings is 1. The number of hydrogen-bond donors (Lipinski definition) is 2. The minimum absolute atomic E-state index is 0.114. The van der Waals surface area contributed by atoms with Gasteiger partial charge in [-0.2, -0.15) is 0 Å². The predicted molar refractivity (Wildman–Crippen MR) is 92.5 cm³/mol. The Morgan fingerprint density at radius 3 is 2.96 bits per heavy atom. The molecule has 130 valence electrons. The Bertz CT molecular complexity index is 476. The van der Waals surface area contributed by atoms with Gasteiger partial charge in [-0.25, -0.2) is 0 Å². The van der Waals surface area contributed by atoms with E-state index in [0.717, 1.165) is 51.0 Å². The fourth-order valence-electron chi connectivity index (χ4n) is 3.99. The van der Waals surface area contributed by atoms with Crippen molar-refractivity contribution in [2.75, 3.05) is 40.3 Å². The lowest BCUT2D eigenvalue weighted by Crippen LogP contribution is -2.53. The molecule has 2 unspecified atom stereocenters. The van der Waals surface area contributed by atoms with Crippen molar-refractivity contribution in [2.24, 2.45) is 10.4 Å². The van der Waals surface area contributed by atoms with Gasteiger partial charge in [-0.15, -0.1) is 0 Å². The second-order valence-corrected chi connectivity index (χ2v) is 7.65. The van der Waals surface area contributed by atoms with Crippen LogP contribution in [0.5, 0.6) is 0 Å². The van der Waals surface area contributed by atoms with Crippen LogP contribution in [0.3, 0.4) is 0 Å². The molecule has 1 saturated carbocycles. The van der Waals surface area contributed by atoms with Crippen LogP contribution in [0.1, 0.15) is 39.0 Å². The molecule has 3 aliphatic rings. The van der Waals surface area contributed by atoms with Gasteiger partial charge in [0.25, 0.3) is 0 Å². The van der Waals surface area contributed by atoms with Crippen LogP contribution in [-0.4, -0.2) is 74.0 Å². The Hall–Kier alpha value is -1.30. The van der Waals surface area contributed by atoms with Crippen molar-refractivity contribution in [1.82, 2.24) is 20.4 Å². The van der Waals surface area contributed by atoms with Crippen LogP contribution >= 0.6 is 0 Å². The zero-order chi connectivity index (χ0) is 16.4. The molecule has 3 fully saturated rings. The van der Waals surface area contributed by atoms with E-state index in [1.165, 1.54) is 12.8 Å². The molecular formula is C17H31N5O. The van der Waals surface area contributed by atoms with Crippen molar-refractivity contribution >= 4 is 11.9 Å². The fraction of sp³-hybridized carbons (Fsp3) is 0.882. The number of nitrogens with one attached hydrogen (secondary N) is 2. The lowest BCUT2D eigenvalue weighted by molar-refractivity contribution is -0.119. The number of carbonyl (C=O) groups excluding carboxylic acids is 1. The molecule has 2 heterocycles. The SMILES string of the molecule is CN=C(NCC(C)N(C)C1CC1)N1CCCC2(CNC(=O)C2)C1. The third-order valence-corrected chi connectivity index (χ3v) is 5.74. The molecule has 0 radical (unpaired) electrons. The van der Waals surface area contributed by atoms with Crippen molar-refractivity contribution in [3.05, 3.63) is 0 Å². The maximum atomic E-state index is 11.6. The molecule has 2 saturated heterocycles. The van der Waals surface area contributed by atoms with Crippen molar-refractivity contribution < 1.29 is 4.79 Å². The number of likely N-dealkylation sites (tertiary alicyclic amines) is 1. The zero-order valence-electron chi connectivity index (χ0n) is 14.8. The van der Waals surface area contributed by atoms with Gasteiger partial charge in [0.05, 0.1) is 0 Å². The molecule has 1 aliphatic carbocycles. The number of likely N-dealkylation sites (N-methyl/N-ethyl adjacent to an activating group) is 1. The third kappa shape index (κ3) is 3.79. The first-order valence-corrected chi connectivity index (χ1v) is 8.97. The summed E-state index contributed by atoms with van der Waals surface area (Å²) in [6, 6.07) is 1.29. The van der Waals surface area contributed by atoms with Crippen LogP contribution in [0.25, 0.3) is 0 Å². The number of amides is 1. The van der Waals surface area contributed by atoms with E-state index in [0.29, 0.717) is 12.5 Å². The Morgan fingerprint density at radius 2 is 2.35 bits per heavy atom.